The van der Waals surface area contributed by atoms with E-state index in [-0.39, 0.29) is 30.2 Å². The fourth-order valence-corrected chi connectivity index (χ4v) is 3.25. The summed E-state index contributed by atoms with van der Waals surface area (Å²) in [6, 6.07) is 4.23. The van der Waals surface area contributed by atoms with Gasteiger partial charge < -0.3 is 5.11 Å². The molecule has 0 aromatic heterocycles. The van der Waals surface area contributed by atoms with Gasteiger partial charge in [0.15, 0.2) is 0 Å². The van der Waals surface area contributed by atoms with Crippen molar-refractivity contribution in [1.29, 1.82) is 0 Å². The topological polar surface area (TPSA) is 26.7 Å². The third kappa shape index (κ3) is 5.23. The van der Waals surface area contributed by atoms with Gasteiger partial charge in [-0.15, -0.1) is 0 Å². The van der Waals surface area contributed by atoms with E-state index in [0.29, 0.717) is 6.42 Å². The molecule has 2 rings (SSSR count). The maximum absolute atomic E-state index is 13.8. The molecule has 1 aliphatic heterocycles. The Morgan fingerprint density at radius 2 is 1.83 bits per heavy atom. The number of halogens is 2. The number of aliphatic hydroxyl groups is 1. The number of aliphatic hydroxyl groups excluding tert-OH is 1. The Morgan fingerprint density at radius 1 is 1.17 bits per heavy atom. The molecule has 0 unspecified atom stereocenters. The molecule has 0 amide bonds. The lowest BCUT2D eigenvalue weighted by atomic mass is 9.94. The van der Waals surface area contributed by atoms with E-state index >= 15 is 0 Å². The first-order chi connectivity index (χ1) is 10.8. The zero-order chi connectivity index (χ0) is 17.0. The monoisotopic (exact) mass is 326 g/mol. The van der Waals surface area contributed by atoms with Gasteiger partial charge in [-0.3, -0.25) is 9.80 Å². The molecule has 0 bridgehead atoms. The van der Waals surface area contributed by atoms with Gasteiger partial charge >= 0.3 is 0 Å². The Balaban J connectivity index is 2.04. The van der Waals surface area contributed by atoms with E-state index in [0.717, 1.165) is 26.2 Å². The summed E-state index contributed by atoms with van der Waals surface area (Å²) >= 11 is 0. The summed E-state index contributed by atoms with van der Waals surface area (Å²) in [6.45, 7) is 10.3. The fraction of sp³-hybridized carbons (Fsp3) is 0.667. The van der Waals surface area contributed by atoms with Gasteiger partial charge in [0.2, 0.25) is 0 Å². The highest BCUT2D eigenvalue weighted by Gasteiger charge is 2.30. The largest absolute Gasteiger partial charge is 0.396 e. The zero-order valence-corrected chi connectivity index (χ0v) is 14.4. The van der Waals surface area contributed by atoms with Crippen LogP contribution in [0.15, 0.2) is 18.2 Å². The summed E-state index contributed by atoms with van der Waals surface area (Å²) in [5, 5.41) is 9.33. The summed E-state index contributed by atoms with van der Waals surface area (Å²) < 4.78 is 27.7. The molecular weight excluding hydrogens is 298 g/mol. The Kier molecular flexibility index (Phi) is 6.12. The smallest absolute Gasteiger partial charge is 0.130 e. The van der Waals surface area contributed by atoms with Crippen LogP contribution in [0.25, 0.3) is 0 Å². The van der Waals surface area contributed by atoms with Crippen molar-refractivity contribution in [3.8, 4) is 0 Å². The number of hydrogen-bond donors (Lipinski definition) is 1. The van der Waals surface area contributed by atoms with E-state index in [2.05, 4.69) is 30.6 Å². The molecule has 0 radical (unpaired) electrons. The van der Waals surface area contributed by atoms with E-state index < -0.39 is 11.6 Å². The predicted molar refractivity (Wildman–Crippen MR) is 88.2 cm³/mol. The van der Waals surface area contributed by atoms with Crippen molar-refractivity contribution >= 4 is 0 Å². The van der Waals surface area contributed by atoms with Crippen LogP contribution in [0.4, 0.5) is 8.78 Å². The average molecular weight is 326 g/mol. The lowest BCUT2D eigenvalue weighted by Crippen LogP contribution is -2.55. The van der Waals surface area contributed by atoms with Gasteiger partial charge in [-0.05, 0) is 24.0 Å². The molecule has 1 heterocycles. The molecule has 0 spiro atoms. The van der Waals surface area contributed by atoms with E-state index in [1.54, 1.807) is 0 Å². The molecule has 1 aliphatic rings. The number of nitrogens with zero attached hydrogens (tertiary/aromatic N) is 2. The van der Waals surface area contributed by atoms with Crippen molar-refractivity contribution in [2.75, 3.05) is 32.8 Å². The number of piperazine rings is 1. The number of hydrogen-bond acceptors (Lipinski definition) is 3. The van der Waals surface area contributed by atoms with Gasteiger partial charge in [0.05, 0.1) is 0 Å². The normalized spacial score (nSPS) is 20.9. The van der Waals surface area contributed by atoms with Crippen LogP contribution < -0.4 is 0 Å². The third-order valence-corrected chi connectivity index (χ3v) is 4.27. The highest BCUT2D eigenvalue weighted by atomic mass is 19.1. The van der Waals surface area contributed by atoms with Gasteiger partial charge in [-0.2, -0.15) is 0 Å². The molecule has 5 heteroatoms. The van der Waals surface area contributed by atoms with E-state index in [9.17, 15) is 13.9 Å². The summed E-state index contributed by atoms with van der Waals surface area (Å²) in [7, 11) is 0. The van der Waals surface area contributed by atoms with Crippen LogP contribution >= 0.6 is 0 Å². The lowest BCUT2D eigenvalue weighted by Gasteiger charge is -2.44. The molecular formula is C18H28F2N2O. The van der Waals surface area contributed by atoms with Gasteiger partial charge in [-0.1, -0.05) is 26.8 Å². The minimum absolute atomic E-state index is 0.132. The molecule has 1 saturated heterocycles. The molecule has 1 aromatic carbocycles. The summed E-state index contributed by atoms with van der Waals surface area (Å²) in [6.07, 6.45) is 0.687. The quantitative estimate of drug-likeness (QED) is 0.901. The number of rotatable bonds is 5. The SMILES string of the molecule is CC(C)(C)CN1CCN(Cc2c(F)cccc2F)C[C@@H]1CCO. The first-order valence-electron chi connectivity index (χ1n) is 8.30. The maximum atomic E-state index is 13.8. The van der Waals surface area contributed by atoms with Crippen molar-refractivity contribution in [3.05, 3.63) is 35.4 Å². The number of benzene rings is 1. The van der Waals surface area contributed by atoms with Crippen LogP contribution in [-0.2, 0) is 6.54 Å². The van der Waals surface area contributed by atoms with Crippen LogP contribution in [-0.4, -0.2) is 53.7 Å². The second kappa shape index (κ2) is 7.69. The second-order valence-corrected chi connectivity index (χ2v) is 7.63. The maximum Gasteiger partial charge on any atom is 0.130 e. The van der Waals surface area contributed by atoms with Gasteiger partial charge in [0.25, 0.3) is 0 Å². The third-order valence-electron chi connectivity index (χ3n) is 4.27. The van der Waals surface area contributed by atoms with Crippen LogP contribution in [0.2, 0.25) is 0 Å². The first kappa shape index (κ1) is 18.3. The van der Waals surface area contributed by atoms with Crippen LogP contribution in [0.3, 0.4) is 0 Å². The Hall–Kier alpha value is -1.04. The minimum Gasteiger partial charge on any atom is -0.396 e. The van der Waals surface area contributed by atoms with Crippen LogP contribution in [0, 0.1) is 17.0 Å². The molecule has 1 N–H and O–H groups in total. The Labute approximate surface area is 137 Å². The standard InChI is InChI=1S/C18H28F2N2O/c1-18(2,3)13-22-9-8-21(11-14(22)7-10-23)12-15-16(19)5-4-6-17(15)20/h4-6,14,23H,7-13H2,1-3H3/t14-/m0/s1. The summed E-state index contributed by atoms with van der Waals surface area (Å²) in [5.74, 6) is -0.971. The first-order valence-corrected chi connectivity index (χ1v) is 8.30. The van der Waals surface area contributed by atoms with E-state index in [1.807, 2.05) is 0 Å². The average Bonchev–Trinajstić information content (AvgIpc) is 2.44. The zero-order valence-electron chi connectivity index (χ0n) is 14.4. The minimum atomic E-state index is -0.485. The van der Waals surface area contributed by atoms with Crippen LogP contribution in [0.5, 0.6) is 0 Å². The van der Waals surface area contributed by atoms with Crippen LogP contribution in [0.1, 0.15) is 32.8 Å². The van der Waals surface area contributed by atoms with Crippen molar-refractivity contribution in [2.45, 2.75) is 39.8 Å². The van der Waals surface area contributed by atoms with E-state index in [4.69, 9.17) is 0 Å². The molecule has 0 aliphatic carbocycles. The highest BCUT2D eigenvalue weighted by Crippen LogP contribution is 2.23. The summed E-state index contributed by atoms with van der Waals surface area (Å²) in [4.78, 5) is 4.48. The molecule has 130 valence electrons. The molecule has 3 nitrogen and oxygen atoms in total. The molecule has 1 atom stereocenters. The Morgan fingerprint density at radius 3 is 2.39 bits per heavy atom. The van der Waals surface area contributed by atoms with Crippen molar-refractivity contribution in [1.82, 2.24) is 9.80 Å². The lowest BCUT2D eigenvalue weighted by molar-refractivity contribution is 0.0331. The van der Waals surface area contributed by atoms with Gasteiger partial charge in [0.1, 0.15) is 11.6 Å². The van der Waals surface area contributed by atoms with E-state index in [1.165, 1.54) is 18.2 Å². The molecule has 23 heavy (non-hydrogen) atoms. The van der Waals surface area contributed by atoms with Gasteiger partial charge in [0, 0.05) is 50.9 Å². The second-order valence-electron chi connectivity index (χ2n) is 7.63. The summed E-state index contributed by atoms with van der Waals surface area (Å²) in [5.41, 5.74) is 0.326. The van der Waals surface area contributed by atoms with Crippen molar-refractivity contribution < 1.29 is 13.9 Å². The fourth-order valence-electron chi connectivity index (χ4n) is 3.25. The predicted octanol–water partition coefficient (Wildman–Crippen LogP) is 2.88. The highest BCUT2D eigenvalue weighted by molar-refractivity contribution is 5.19. The molecule has 0 saturated carbocycles. The van der Waals surface area contributed by atoms with Crippen molar-refractivity contribution in [2.24, 2.45) is 5.41 Å². The molecule has 1 aromatic rings. The molecule has 1 fully saturated rings. The Bertz CT molecular complexity index is 496. The van der Waals surface area contributed by atoms with Gasteiger partial charge in [-0.25, -0.2) is 8.78 Å². The van der Waals surface area contributed by atoms with Crippen molar-refractivity contribution in [3.63, 3.8) is 0 Å².